The number of hydrogen-bond acceptors (Lipinski definition) is 6. The maximum atomic E-state index is 12.8. The fraction of sp³-hybridized carbons (Fsp3) is 0.190. The van der Waals surface area contributed by atoms with Crippen LogP contribution in [0.3, 0.4) is 0 Å². The Labute approximate surface area is 182 Å². The second-order valence-electron chi connectivity index (χ2n) is 6.20. The summed E-state index contributed by atoms with van der Waals surface area (Å²) in [5, 5.41) is 4.15. The summed E-state index contributed by atoms with van der Waals surface area (Å²) in [4.78, 5) is 29.8. The zero-order valence-corrected chi connectivity index (χ0v) is 18.0. The van der Waals surface area contributed by atoms with Crippen LogP contribution in [-0.4, -0.2) is 35.4 Å². The molecule has 9 heteroatoms. The Morgan fingerprint density at radius 2 is 1.93 bits per heavy atom. The number of carbonyl (C=O) groups is 1. The predicted octanol–water partition coefficient (Wildman–Crippen LogP) is 3.98. The molecule has 0 aliphatic heterocycles. The number of hydrogen-bond donors (Lipinski definition) is 1. The van der Waals surface area contributed by atoms with E-state index in [-0.39, 0.29) is 23.8 Å². The number of rotatable bonds is 8. The number of aromatic nitrogens is 2. The average molecular weight is 446 g/mol. The molecule has 0 bridgehead atoms. The molecule has 0 saturated carbocycles. The van der Waals surface area contributed by atoms with E-state index in [0.29, 0.717) is 38.3 Å². The third-order valence-electron chi connectivity index (χ3n) is 4.16. The highest BCUT2D eigenvalue weighted by Crippen LogP contribution is 2.26. The number of thioether (sulfide) groups is 1. The monoisotopic (exact) mass is 445 g/mol. The van der Waals surface area contributed by atoms with Crippen molar-refractivity contribution >= 4 is 45.9 Å². The number of nitrogens with one attached hydrogen (secondary N) is 1. The highest BCUT2D eigenvalue weighted by atomic mass is 35.5. The molecule has 0 atom stereocenters. The van der Waals surface area contributed by atoms with E-state index in [0.717, 1.165) is 11.8 Å². The van der Waals surface area contributed by atoms with Gasteiger partial charge in [-0.2, -0.15) is 0 Å². The number of halogens is 1. The molecule has 0 aliphatic carbocycles. The maximum Gasteiger partial charge on any atom is 0.262 e. The third kappa shape index (κ3) is 4.95. The minimum Gasteiger partial charge on any atom is -0.497 e. The molecule has 3 aromatic rings. The maximum absolute atomic E-state index is 12.8. The Balaban J connectivity index is 1.82. The van der Waals surface area contributed by atoms with Crippen molar-refractivity contribution in [2.75, 3.05) is 25.3 Å². The van der Waals surface area contributed by atoms with E-state index in [1.54, 1.807) is 42.5 Å². The van der Waals surface area contributed by atoms with Crippen LogP contribution in [0.25, 0.3) is 10.9 Å². The molecule has 0 radical (unpaired) electrons. The molecule has 1 N–H and O–H groups in total. The Morgan fingerprint density at radius 3 is 2.57 bits per heavy atom. The van der Waals surface area contributed by atoms with Crippen LogP contribution >= 0.6 is 23.4 Å². The summed E-state index contributed by atoms with van der Waals surface area (Å²) in [6.07, 6.45) is 1.61. The van der Waals surface area contributed by atoms with Crippen LogP contribution in [-0.2, 0) is 11.3 Å². The molecule has 1 aromatic heterocycles. The van der Waals surface area contributed by atoms with Crippen molar-refractivity contribution in [1.29, 1.82) is 0 Å². The van der Waals surface area contributed by atoms with Gasteiger partial charge in [0.1, 0.15) is 11.5 Å². The third-order valence-corrected chi connectivity index (χ3v) is 5.37. The van der Waals surface area contributed by atoms with Crippen LogP contribution in [0.2, 0.25) is 5.02 Å². The van der Waals surface area contributed by atoms with Gasteiger partial charge in [-0.15, -0.1) is 6.58 Å². The van der Waals surface area contributed by atoms with Crippen LogP contribution in [0.4, 0.5) is 5.69 Å². The second-order valence-corrected chi connectivity index (χ2v) is 7.58. The zero-order chi connectivity index (χ0) is 21.7. The smallest absolute Gasteiger partial charge is 0.262 e. The highest BCUT2D eigenvalue weighted by Gasteiger charge is 2.14. The predicted molar refractivity (Wildman–Crippen MR) is 120 cm³/mol. The molecule has 0 spiro atoms. The van der Waals surface area contributed by atoms with Gasteiger partial charge in [-0.05, 0) is 18.2 Å². The first-order valence-electron chi connectivity index (χ1n) is 8.92. The number of benzene rings is 2. The molecule has 3 rings (SSSR count). The molecule has 0 saturated heterocycles. The van der Waals surface area contributed by atoms with Crippen LogP contribution < -0.4 is 20.3 Å². The summed E-state index contributed by atoms with van der Waals surface area (Å²) in [5.41, 5.74) is 0.809. The fourth-order valence-electron chi connectivity index (χ4n) is 2.78. The number of anilines is 1. The Kier molecular flexibility index (Phi) is 7.02. The van der Waals surface area contributed by atoms with Gasteiger partial charge in [-0.1, -0.05) is 29.4 Å². The van der Waals surface area contributed by atoms with Gasteiger partial charge in [0, 0.05) is 35.5 Å². The van der Waals surface area contributed by atoms with Gasteiger partial charge in [0.2, 0.25) is 5.91 Å². The minimum absolute atomic E-state index is 0.0508. The Bertz CT molecular complexity index is 1140. The molecule has 0 unspecified atom stereocenters. The number of amides is 1. The van der Waals surface area contributed by atoms with Gasteiger partial charge in [-0.3, -0.25) is 14.2 Å². The average Bonchev–Trinajstić information content (AvgIpc) is 2.74. The molecule has 156 valence electrons. The topological polar surface area (TPSA) is 82.5 Å². The van der Waals surface area contributed by atoms with Gasteiger partial charge in [0.15, 0.2) is 5.16 Å². The molecule has 2 aromatic carbocycles. The van der Waals surface area contributed by atoms with E-state index < -0.39 is 0 Å². The normalized spacial score (nSPS) is 10.6. The van der Waals surface area contributed by atoms with Crippen molar-refractivity contribution in [3.05, 3.63) is 64.4 Å². The lowest BCUT2D eigenvalue weighted by atomic mass is 10.2. The van der Waals surface area contributed by atoms with Gasteiger partial charge >= 0.3 is 0 Å². The van der Waals surface area contributed by atoms with Crippen LogP contribution in [0.1, 0.15) is 0 Å². The lowest BCUT2D eigenvalue weighted by Gasteiger charge is -2.12. The van der Waals surface area contributed by atoms with Crippen molar-refractivity contribution in [3.8, 4) is 11.5 Å². The van der Waals surface area contributed by atoms with Crippen molar-refractivity contribution in [1.82, 2.24) is 9.55 Å². The van der Waals surface area contributed by atoms with E-state index in [1.807, 2.05) is 0 Å². The zero-order valence-electron chi connectivity index (χ0n) is 16.5. The molecular formula is C21H20ClN3O4S. The summed E-state index contributed by atoms with van der Waals surface area (Å²) >= 11 is 7.19. The SMILES string of the molecule is C=CCn1c(SCC(=O)Nc2cc(OC)cc(OC)c2)nc2cc(Cl)ccc2c1=O. The summed E-state index contributed by atoms with van der Waals surface area (Å²) in [5.74, 6) is 0.908. The van der Waals surface area contributed by atoms with Gasteiger partial charge < -0.3 is 14.8 Å². The van der Waals surface area contributed by atoms with Gasteiger partial charge in [-0.25, -0.2) is 4.98 Å². The van der Waals surface area contributed by atoms with Crippen molar-refractivity contribution in [2.45, 2.75) is 11.7 Å². The van der Waals surface area contributed by atoms with E-state index >= 15 is 0 Å². The standard InChI is InChI=1S/C21H20ClN3O4S/c1-4-7-25-20(27)17-6-5-13(22)8-18(17)24-21(25)30-12-19(26)23-14-9-15(28-2)11-16(10-14)29-3/h4-6,8-11H,1,7,12H2,2-3H3,(H,23,26). The first kappa shape index (κ1) is 21.7. The summed E-state index contributed by atoms with van der Waals surface area (Å²) in [6.45, 7) is 3.97. The summed E-state index contributed by atoms with van der Waals surface area (Å²) < 4.78 is 11.9. The molecule has 1 amide bonds. The first-order chi connectivity index (χ1) is 14.4. The first-order valence-corrected chi connectivity index (χ1v) is 10.3. The Hall–Kier alpha value is -2.97. The Morgan fingerprint density at radius 1 is 1.23 bits per heavy atom. The number of ether oxygens (including phenoxy) is 2. The van der Waals surface area contributed by atoms with Crippen LogP contribution in [0.15, 0.2) is 59.0 Å². The molecule has 0 aliphatic rings. The van der Waals surface area contributed by atoms with Crippen molar-refractivity contribution in [3.63, 3.8) is 0 Å². The quantitative estimate of drug-likeness (QED) is 0.321. The fourth-order valence-corrected chi connectivity index (χ4v) is 3.76. The summed E-state index contributed by atoms with van der Waals surface area (Å²) in [6, 6.07) is 10.0. The van der Waals surface area contributed by atoms with E-state index in [2.05, 4.69) is 16.9 Å². The van der Waals surface area contributed by atoms with E-state index in [9.17, 15) is 9.59 Å². The lowest BCUT2D eigenvalue weighted by Crippen LogP contribution is -2.23. The molecule has 0 fully saturated rings. The largest absolute Gasteiger partial charge is 0.497 e. The summed E-state index contributed by atoms with van der Waals surface area (Å²) in [7, 11) is 3.07. The van der Waals surface area contributed by atoms with E-state index in [4.69, 9.17) is 21.1 Å². The van der Waals surface area contributed by atoms with E-state index in [1.165, 1.54) is 18.8 Å². The second kappa shape index (κ2) is 9.69. The van der Waals surface area contributed by atoms with Crippen molar-refractivity contribution < 1.29 is 14.3 Å². The van der Waals surface area contributed by atoms with Crippen molar-refractivity contribution in [2.24, 2.45) is 0 Å². The number of allylic oxidation sites excluding steroid dienone is 1. The minimum atomic E-state index is -0.263. The number of carbonyl (C=O) groups excluding carboxylic acids is 1. The van der Waals surface area contributed by atoms with Crippen LogP contribution in [0, 0.1) is 0 Å². The van der Waals surface area contributed by atoms with Gasteiger partial charge in [0.05, 0.1) is 30.9 Å². The number of fused-ring (bicyclic) bond motifs is 1. The molecule has 1 heterocycles. The number of nitrogens with zero attached hydrogens (tertiary/aromatic N) is 2. The van der Waals surface area contributed by atoms with Crippen LogP contribution in [0.5, 0.6) is 11.5 Å². The van der Waals surface area contributed by atoms with Gasteiger partial charge in [0.25, 0.3) is 5.56 Å². The molecular weight excluding hydrogens is 426 g/mol. The molecule has 30 heavy (non-hydrogen) atoms. The molecule has 7 nitrogen and oxygen atoms in total. The lowest BCUT2D eigenvalue weighted by molar-refractivity contribution is -0.113. The highest BCUT2D eigenvalue weighted by molar-refractivity contribution is 7.99. The number of methoxy groups -OCH3 is 2.